The summed E-state index contributed by atoms with van der Waals surface area (Å²) in [4.78, 5) is -1.02. The first kappa shape index (κ1) is 18.6. The van der Waals surface area contributed by atoms with Crippen LogP contribution in [0.15, 0.2) is 28.0 Å². The summed E-state index contributed by atoms with van der Waals surface area (Å²) >= 11 is 5.97. The smallest absolute Gasteiger partial charge is 0.245 e. The van der Waals surface area contributed by atoms with Gasteiger partial charge in [0.15, 0.2) is 0 Å². The maximum Gasteiger partial charge on any atom is 0.245 e. The molecule has 130 valence electrons. The lowest BCUT2D eigenvalue weighted by molar-refractivity contribution is 0.0652. The Labute approximate surface area is 141 Å². The van der Waals surface area contributed by atoms with Gasteiger partial charge in [-0.2, -0.15) is 4.31 Å². The van der Waals surface area contributed by atoms with Crippen molar-refractivity contribution in [1.82, 2.24) is 4.31 Å². The van der Waals surface area contributed by atoms with Crippen LogP contribution in [-0.4, -0.2) is 46.9 Å². The largest absolute Gasteiger partial charge is 0.377 e. The molecule has 2 atom stereocenters. The maximum absolute atomic E-state index is 12.9. The van der Waals surface area contributed by atoms with Gasteiger partial charge in [0.1, 0.15) is 9.79 Å². The molecule has 2 unspecified atom stereocenters. The van der Waals surface area contributed by atoms with Gasteiger partial charge >= 0.3 is 0 Å². The summed E-state index contributed by atoms with van der Waals surface area (Å²) in [6.07, 6.45) is 1.36. The molecule has 0 aromatic heterocycles. The Bertz CT molecular complexity index is 789. The normalized spacial score (nSPS) is 20.8. The number of rotatable bonds is 5. The van der Waals surface area contributed by atoms with Gasteiger partial charge in [0.25, 0.3) is 0 Å². The third-order valence-corrected chi connectivity index (χ3v) is 7.51. The Balaban J connectivity index is 2.51. The van der Waals surface area contributed by atoms with Gasteiger partial charge in [-0.05, 0) is 31.9 Å². The molecule has 1 heterocycles. The summed E-state index contributed by atoms with van der Waals surface area (Å²) in [7, 11) is -7.02. The standard InChI is InChI=1S/C13H19ClN2O5S2/c1-9(11-6-4-8-21-11)16(2)23(19,20)13-10(14)5-3-7-12(13)22(15,17)18/h3,5,7,9,11H,4,6,8H2,1-2H3,(H2,15,17,18). The summed E-state index contributed by atoms with van der Waals surface area (Å²) in [6.45, 7) is 2.29. The molecule has 23 heavy (non-hydrogen) atoms. The lowest BCUT2D eigenvalue weighted by Gasteiger charge is -2.29. The van der Waals surface area contributed by atoms with E-state index >= 15 is 0 Å². The molecule has 2 rings (SSSR count). The van der Waals surface area contributed by atoms with Crippen molar-refractivity contribution in [3.05, 3.63) is 23.2 Å². The van der Waals surface area contributed by atoms with E-state index < -0.39 is 35.9 Å². The van der Waals surface area contributed by atoms with Crippen LogP contribution in [0.5, 0.6) is 0 Å². The van der Waals surface area contributed by atoms with E-state index in [4.69, 9.17) is 21.5 Å². The number of nitrogens with zero attached hydrogens (tertiary/aromatic N) is 1. The fourth-order valence-electron chi connectivity index (χ4n) is 2.54. The first-order valence-electron chi connectivity index (χ1n) is 6.97. The van der Waals surface area contributed by atoms with E-state index in [1.54, 1.807) is 6.92 Å². The van der Waals surface area contributed by atoms with Crippen molar-refractivity contribution in [2.75, 3.05) is 13.7 Å². The van der Waals surface area contributed by atoms with E-state index in [1.165, 1.54) is 19.2 Å². The summed E-state index contributed by atoms with van der Waals surface area (Å²) in [5.41, 5.74) is 0. The van der Waals surface area contributed by atoms with Gasteiger partial charge in [-0.25, -0.2) is 22.0 Å². The molecule has 7 nitrogen and oxygen atoms in total. The first-order chi connectivity index (χ1) is 10.6. The third-order valence-electron chi connectivity index (χ3n) is 3.95. The number of hydrogen-bond acceptors (Lipinski definition) is 5. The quantitative estimate of drug-likeness (QED) is 0.822. The molecule has 0 spiro atoms. The number of hydrogen-bond donors (Lipinski definition) is 1. The maximum atomic E-state index is 12.9. The third kappa shape index (κ3) is 3.70. The highest BCUT2D eigenvalue weighted by atomic mass is 35.5. The minimum Gasteiger partial charge on any atom is -0.377 e. The molecular formula is C13H19ClN2O5S2. The van der Waals surface area contributed by atoms with Gasteiger partial charge in [0.2, 0.25) is 20.0 Å². The lowest BCUT2D eigenvalue weighted by Crippen LogP contribution is -2.42. The molecule has 2 N–H and O–H groups in total. The van der Waals surface area contributed by atoms with Crippen LogP contribution in [0.1, 0.15) is 19.8 Å². The second kappa shape index (κ2) is 6.66. The highest BCUT2D eigenvalue weighted by molar-refractivity contribution is 7.92. The van der Waals surface area contributed by atoms with Crippen molar-refractivity contribution >= 4 is 31.6 Å². The van der Waals surface area contributed by atoms with Gasteiger partial charge in [0.05, 0.1) is 11.1 Å². The molecule has 1 fully saturated rings. The second-order valence-electron chi connectivity index (χ2n) is 5.43. The lowest BCUT2D eigenvalue weighted by atomic mass is 10.1. The SMILES string of the molecule is CC(C1CCCO1)N(C)S(=O)(=O)c1c(Cl)cccc1S(N)(=O)=O. The van der Waals surface area contributed by atoms with E-state index in [-0.39, 0.29) is 11.1 Å². The van der Waals surface area contributed by atoms with Gasteiger partial charge in [-0.15, -0.1) is 0 Å². The van der Waals surface area contributed by atoms with Crippen LogP contribution in [0.2, 0.25) is 5.02 Å². The van der Waals surface area contributed by atoms with Crippen molar-refractivity contribution in [3.63, 3.8) is 0 Å². The van der Waals surface area contributed by atoms with Crippen LogP contribution >= 0.6 is 11.6 Å². The molecule has 10 heteroatoms. The van der Waals surface area contributed by atoms with E-state index in [0.717, 1.165) is 23.2 Å². The number of benzene rings is 1. The zero-order valence-electron chi connectivity index (χ0n) is 12.8. The van der Waals surface area contributed by atoms with Crippen LogP contribution in [0.3, 0.4) is 0 Å². The fraction of sp³-hybridized carbons (Fsp3) is 0.538. The summed E-state index contributed by atoms with van der Waals surface area (Å²) in [5, 5.41) is 4.94. The number of likely N-dealkylation sites (N-methyl/N-ethyl adjacent to an activating group) is 1. The van der Waals surface area contributed by atoms with Crippen LogP contribution in [0.25, 0.3) is 0 Å². The van der Waals surface area contributed by atoms with Crippen molar-refractivity contribution in [2.45, 2.75) is 41.7 Å². The Kier molecular flexibility index (Phi) is 5.39. The summed E-state index contributed by atoms with van der Waals surface area (Å²) < 4.78 is 55.8. The second-order valence-corrected chi connectivity index (χ2v) is 9.30. The summed E-state index contributed by atoms with van der Waals surface area (Å²) in [5.74, 6) is 0. The van der Waals surface area contributed by atoms with Crippen LogP contribution in [0, 0.1) is 0 Å². The fourth-order valence-corrected chi connectivity index (χ4v) is 5.87. The van der Waals surface area contributed by atoms with Gasteiger partial charge in [-0.1, -0.05) is 17.7 Å². The number of halogens is 1. The first-order valence-corrected chi connectivity index (χ1v) is 10.3. The van der Waals surface area contributed by atoms with E-state index in [2.05, 4.69) is 0 Å². The Hall–Kier alpha value is -0.710. The number of primary sulfonamides is 1. The minimum absolute atomic E-state index is 0.192. The average molecular weight is 383 g/mol. The Morgan fingerprint density at radius 3 is 2.52 bits per heavy atom. The van der Waals surface area contributed by atoms with Crippen LogP contribution in [-0.2, 0) is 24.8 Å². The van der Waals surface area contributed by atoms with Crippen molar-refractivity contribution in [1.29, 1.82) is 0 Å². The van der Waals surface area contributed by atoms with Crippen molar-refractivity contribution in [3.8, 4) is 0 Å². The van der Waals surface area contributed by atoms with Crippen LogP contribution < -0.4 is 5.14 Å². The highest BCUT2D eigenvalue weighted by Crippen LogP contribution is 2.32. The van der Waals surface area contributed by atoms with Crippen molar-refractivity contribution in [2.24, 2.45) is 5.14 Å². The molecule has 0 aliphatic carbocycles. The van der Waals surface area contributed by atoms with E-state index in [0.29, 0.717) is 6.61 Å². The molecule has 1 aliphatic heterocycles. The van der Waals surface area contributed by atoms with Crippen molar-refractivity contribution < 1.29 is 21.6 Å². The van der Waals surface area contributed by atoms with Gasteiger partial charge < -0.3 is 4.74 Å². The molecule has 0 bridgehead atoms. The van der Waals surface area contributed by atoms with Gasteiger partial charge in [0, 0.05) is 19.7 Å². The summed E-state index contributed by atoms with van der Waals surface area (Å²) in [6, 6.07) is 3.31. The Morgan fingerprint density at radius 2 is 2.00 bits per heavy atom. The monoisotopic (exact) mass is 382 g/mol. The zero-order chi connectivity index (χ0) is 17.4. The molecule has 1 aromatic carbocycles. The van der Waals surface area contributed by atoms with E-state index in [9.17, 15) is 16.8 Å². The molecule has 1 aromatic rings. The molecule has 0 radical (unpaired) electrons. The Morgan fingerprint density at radius 1 is 1.35 bits per heavy atom. The zero-order valence-corrected chi connectivity index (χ0v) is 15.2. The number of nitrogens with two attached hydrogens (primary N) is 1. The molecular weight excluding hydrogens is 364 g/mol. The molecule has 0 amide bonds. The number of ether oxygens (including phenoxy) is 1. The highest BCUT2D eigenvalue weighted by Gasteiger charge is 2.36. The predicted octanol–water partition coefficient (Wildman–Crippen LogP) is 1.18. The van der Waals surface area contributed by atoms with E-state index in [1.807, 2.05) is 0 Å². The predicted molar refractivity (Wildman–Crippen MR) is 86.2 cm³/mol. The average Bonchev–Trinajstić information content (AvgIpc) is 2.98. The van der Waals surface area contributed by atoms with Gasteiger partial charge in [-0.3, -0.25) is 0 Å². The molecule has 0 saturated carbocycles. The van der Waals surface area contributed by atoms with Crippen LogP contribution in [0.4, 0.5) is 0 Å². The molecule has 1 aliphatic rings. The minimum atomic E-state index is -4.24. The number of sulfonamides is 2. The molecule has 1 saturated heterocycles. The topological polar surface area (TPSA) is 107 Å².